The number of nitrogens with one attached hydrogen (secondary N) is 1. The molecule has 1 spiro atoms. The van der Waals surface area contributed by atoms with Gasteiger partial charge in [-0.05, 0) is 57.6 Å². The zero-order valence-electron chi connectivity index (χ0n) is 20.7. The Bertz CT molecular complexity index is 1240. The number of ether oxygens (including phenoxy) is 1. The number of hydrogen-bond donors (Lipinski definition) is 3. The van der Waals surface area contributed by atoms with E-state index in [0.717, 1.165) is 6.20 Å². The SMILES string of the molecule is COc1cc(-c2cc(C(=O)C3CC34CC(C(N)=O)CCN4C3CCC(O)(C(F)(F)F)CC3)[nH]n2)c(F)cn1. The summed E-state index contributed by atoms with van der Waals surface area (Å²) in [6, 6.07) is 2.54. The van der Waals surface area contributed by atoms with E-state index < -0.39 is 53.7 Å². The van der Waals surface area contributed by atoms with Gasteiger partial charge in [0, 0.05) is 35.0 Å². The molecule has 13 heteroatoms. The summed E-state index contributed by atoms with van der Waals surface area (Å²) >= 11 is 0. The van der Waals surface area contributed by atoms with Crippen LogP contribution in [0.15, 0.2) is 18.3 Å². The number of likely N-dealkylation sites (tertiary alicyclic amines) is 1. The Hall–Kier alpha value is -3.06. The molecule has 9 nitrogen and oxygen atoms in total. The summed E-state index contributed by atoms with van der Waals surface area (Å²) in [6.07, 6.45) is -3.11. The Morgan fingerprint density at radius 3 is 2.55 bits per heavy atom. The van der Waals surface area contributed by atoms with Gasteiger partial charge in [0.25, 0.3) is 0 Å². The van der Waals surface area contributed by atoms with Gasteiger partial charge in [-0.3, -0.25) is 19.6 Å². The van der Waals surface area contributed by atoms with Crippen molar-refractivity contribution in [2.45, 2.75) is 68.3 Å². The molecule has 3 unspecified atom stereocenters. The fourth-order valence-corrected chi connectivity index (χ4v) is 6.30. The number of nitrogens with zero attached hydrogens (tertiary/aromatic N) is 3. The zero-order chi connectivity index (χ0) is 27.5. The van der Waals surface area contributed by atoms with Crippen molar-refractivity contribution in [1.29, 1.82) is 0 Å². The number of aromatic amines is 1. The number of aliphatic hydroxyl groups is 1. The Labute approximate surface area is 215 Å². The Morgan fingerprint density at radius 2 is 1.92 bits per heavy atom. The fraction of sp³-hybridized carbons (Fsp3) is 0.600. The van der Waals surface area contributed by atoms with E-state index in [-0.39, 0.29) is 47.5 Å². The molecule has 0 bridgehead atoms. The van der Waals surface area contributed by atoms with Crippen LogP contribution in [0.2, 0.25) is 0 Å². The number of rotatable bonds is 6. The molecule has 3 atom stereocenters. The molecule has 2 aromatic heterocycles. The van der Waals surface area contributed by atoms with Crippen molar-refractivity contribution in [2.24, 2.45) is 17.6 Å². The smallest absolute Gasteiger partial charge is 0.417 e. The number of nitrogens with two attached hydrogens (primary N) is 1. The second kappa shape index (κ2) is 9.30. The lowest BCUT2D eigenvalue weighted by atomic mass is 9.78. The maximum absolute atomic E-state index is 14.4. The van der Waals surface area contributed by atoms with Gasteiger partial charge in [0.05, 0.1) is 19.0 Å². The summed E-state index contributed by atoms with van der Waals surface area (Å²) in [7, 11) is 1.39. The topological polar surface area (TPSA) is 134 Å². The monoisotopic (exact) mass is 539 g/mol. The molecule has 1 saturated heterocycles. The Kier molecular flexibility index (Phi) is 6.49. The standard InChI is InChI=1S/C25H29F4N5O4/c1-38-20-8-15(17(26)12-31-20)18-9-19(33-32-18)21(35)16-11-23(16)10-13(22(30)36)4-7-34(23)14-2-5-24(37,6-3-14)25(27,28)29/h8-9,12-14,16,37H,2-7,10-11H2,1H3,(H2,30,36)(H,32,33). The van der Waals surface area contributed by atoms with Gasteiger partial charge in [0.1, 0.15) is 5.69 Å². The molecule has 2 aliphatic carbocycles. The summed E-state index contributed by atoms with van der Waals surface area (Å²) in [5, 5.41) is 16.9. The highest BCUT2D eigenvalue weighted by Gasteiger charge is 2.66. The number of aromatic nitrogens is 3. The van der Waals surface area contributed by atoms with Crippen LogP contribution < -0.4 is 10.5 Å². The van der Waals surface area contributed by atoms with Crippen LogP contribution in [0, 0.1) is 17.7 Å². The molecule has 3 fully saturated rings. The number of H-pyrrole nitrogens is 1. The summed E-state index contributed by atoms with van der Waals surface area (Å²) in [5.74, 6) is -2.18. The van der Waals surface area contributed by atoms with E-state index in [4.69, 9.17) is 10.5 Å². The highest BCUT2D eigenvalue weighted by atomic mass is 19.4. The van der Waals surface area contributed by atoms with Crippen molar-refractivity contribution >= 4 is 11.7 Å². The van der Waals surface area contributed by atoms with Gasteiger partial charge in [-0.1, -0.05) is 0 Å². The van der Waals surface area contributed by atoms with Crippen molar-refractivity contribution < 1.29 is 37.0 Å². The lowest BCUT2D eigenvalue weighted by Crippen LogP contribution is -2.57. The second-order valence-corrected chi connectivity index (χ2v) is 10.6. The number of carbonyl (C=O) groups is 2. The van der Waals surface area contributed by atoms with E-state index in [1.165, 1.54) is 19.2 Å². The van der Waals surface area contributed by atoms with Crippen LogP contribution in [0.3, 0.4) is 0 Å². The maximum Gasteiger partial charge on any atom is 0.417 e. The van der Waals surface area contributed by atoms with Gasteiger partial charge < -0.3 is 15.6 Å². The number of primary amides is 1. The first kappa shape index (κ1) is 26.5. The first-order valence-corrected chi connectivity index (χ1v) is 12.5. The Balaban J connectivity index is 1.37. The molecule has 0 aromatic carbocycles. The van der Waals surface area contributed by atoms with Gasteiger partial charge >= 0.3 is 6.18 Å². The molecular weight excluding hydrogens is 510 g/mol. The molecular formula is C25H29F4N5O4. The van der Waals surface area contributed by atoms with Crippen LogP contribution >= 0.6 is 0 Å². The van der Waals surface area contributed by atoms with E-state index in [1.54, 1.807) is 0 Å². The number of pyridine rings is 1. The van der Waals surface area contributed by atoms with Crippen LogP contribution in [0.4, 0.5) is 17.6 Å². The van der Waals surface area contributed by atoms with Crippen molar-refractivity contribution in [3.63, 3.8) is 0 Å². The molecule has 1 aliphatic heterocycles. The van der Waals surface area contributed by atoms with Crippen LogP contribution in [-0.4, -0.2) is 73.9 Å². The van der Waals surface area contributed by atoms with Gasteiger partial charge in [-0.25, -0.2) is 9.37 Å². The van der Waals surface area contributed by atoms with Gasteiger partial charge in [-0.15, -0.1) is 0 Å². The number of Topliss-reactive ketones (excluding diaryl/α,β-unsaturated/α-hetero) is 1. The molecule has 206 valence electrons. The van der Waals surface area contributed by atoms with E-state index in [0.29, 0.717) is 25.8 Å². The number of alkyl halides is 3. The third kappa shape index (κ3) is 4.45. The minimum atomic E-state index is -4.71. The zero-order valence-corrected chi connectivity index (χ0v) is 20.7. The minimum Gasteiger partial charge on any atom is -0.481 e. The molecule has 3 heterocycles. The quantitative estimate of drug-likeness (QED) is 0.380. The number of carbonyl (C=O) groups excluding carboxylic acids is 2. The van der Waals surface area contributed by atoms with Gasteiger partial charge in [-0.2, -0.15) is 18.3 Å². The first-order chi connectivity index (χ1) is 17.9. The number of hydrogen-bond acceptors (Lipinski definition) is 7. The fourth-order valence-electron chi connectivity index (χ4n) is 6.30. The molecule has 2 aromatic rings. The minimum absolute atomic E-state index is 0.102. The summed E-state index contributed by atoms with van der Waals surface area (Å²) < 4.78 is 59.4. The van der Waals surface area contributed by atoms with E-state index in [2.05, 4.69) is 20.1 Å². The maximum atomic E-state index is 14.4. The van der Waals surface area contributed by atoms with Crippen molar-refractivity contribution in [3.8, 4) is 17.1 Å². The average Bonchev–Trinajstić information content (AvgIpc) is 3.35. The third-order valence-electron chi connectivity index (χ3n) is 8.56. The van der Waals surface area contributed by atoms with E-state index in [9.17, 15) is 32.3 Å². The number of piperidine rings is 1. The molecule has 0 radical (unpaired) electrons. The lowest BCUT2D eigenvalue weighted by Gasteiger charge is -2.48. The predicted molar refractivity (Wildman–Crippen MR) is 125 cm³/mol. The molecule has 1 amide bonds. The largest absolute Gasteiger partial charge is 0.481 e. The molecule has 38 heavy (non-hydrogen) atoms. The van der Waals surface area contributed by atoms with Crippen LogP contribution in [0.1, 0.15) is 55.4 Å². The average molecular weight is 540 g/mol. The molecule has 5 rings (SSSR count). The molecule has 2 saturated carbocycles. The van der Waals surface area contributed by atoms with E-state index in [1.807, 2.05) is 0 Å². The van der Waals surface area contributed by atoms with Crippen LogP contribution in [-0.2, 0) is 4.79 Å². The number of amides is 1. The number of ketones is 1. The van der Waals surface area contributed by atoms with Gasteiger partial charge in [0.2, 0.25) is 11.8 Å². The number of methoxy groups -OCH3 is 1. The van der Waals surface area contributed by atoms with Crippen LogP contribution in [0.5, 0.6) is 5.88 Å². The normalized spacial score (nSPS) is 31.8. The van der Waals surface area contributed by atoms with E-state index >= 15 is 0 Å². The third-order valence-corrected chi connectivity index (χ3v) is 8.56. The molecule has 3 aliphatic rings. The van der Waals surface area contributed by atoms with Gasteiger partial charge in [0.15, 0.2) is 17.2 Å². The first-order valence-electron chi connectivity index (χ1n) is 12.5. The second-order valence-electron chi connectivity index (χ2n) is 10.6. The summed E-state index contributed by atoms with van der Waals surface area (Å²) in [6.45, 7) is 0.419. The van der Waals surface area contributed by atoms with Crippen LogP contribution in [0.25, 0.3) is 11.3 Å². The summed E-state index contributed by atoms with van der Waals surface area (Å²) in [4.78, 5) is 31.4. The Morgan fingerprint density at radius 1 is 1.21 bits per heavy atom. The van der Waals surface area contributed by atoms with Crippen molar-refractivity contribution in [1.82, 2.24) is 20.1 Å². The summed E-state index contributed by atoms with van der Waals surface area (Å²) in [5.41, 5.74) is 2.62. The lowest BCUT2D eigenvalue weighted by molar-refractivity contribution is -0.272. The highest BCUT2D eigenvalue weighted by molar-refractivity contribution is 6.00. The van der Waals surface area contributed by atoms with Crippen molar-refractivity contribution in [2.75, 3.05) is 13.7 Å². The highest BCUT2D eigenvalue weighted by Crippen LogP contribution is 2.58. The molecule has 4 N–H and O–H groups in total. The van der Waals surface area contributed by atoms with Crippen molar-refractivity contribution in [3.05, 3.63) is 29.8 Å². The predicted octanol–water partition coefficient (Wildman–Crippen LogP) is 2.99. The number of halogens is 4.